The number of nitrogens with zero attached hydrogens (tertiary/aromatic N) is 3. The van der Waals surface area contributed by atoms with Gasteiger partial charge in [0.1, 0.15) is 10.7 Å². The van der Waals surface area contributed by atoms with E-state index in [4.69, 9.17) is 0 Å². The molecule has 1 unspecified atom stereocenters. The van der Waals surface area contributed by atoms with Crippen molar-refractivity contribution in [3.8, 4) is 0 Å². The van der Waals surface area contributed by atoms with Crippen LogP contribution in [0.5, 0.6) is 0 Å². The average Bonchev–Trinajstić information content (AvgIpc) is 2.79. The Morgan fingerprint density at radius 1 is 0.862 bits per heavy atom. The molecule has 6 nitrogen and oxygen atoms in total. The molecule has 3 aromatic rings. The second-order valence-electron chi connectivity index (χ2n) is 7.09. The van der Waals surface area contributed by atoms with E-state index in [2.05, 4.69) is 15.3 Å². The first-order valence-corrected chi connectivity index (χ1v) is 11.3. The Bertz CT molecular complexity index is 980. The fourth-order valence-electron chi connectivity index (χ4n) is 3.54. The SMILES string of the molecule is O=S(=O)(c1ccc(NC(c2ccccc2)c2ccccn2)nc1)N1CCCCC1. The maximum absolute atomic E-state index is 12.8. The highest BCUT2D eigenvalue weighted by atomic mass is 32.2. The van der Waals surface area contributed by atoms with Crippen LogP contribution in [0.25, 0.3) is 0 Å². The van der Waals surface area contributed by atoms with Crippen molar-refractivity contribution in [2.24, 2.45) is 0 Å². The summed E-state index contributed by atoms with van der Waals surface area (Å²) in [5.74, 6) is 0.599. The molecule has 29 heavy (non-hydrogen) atoms. The lowest BCUT2D eigenvalue weighted by Crippen LogP contribution is -2.35. The van der Waals surface area contributed by atoms with Gasteiger partial charge in [-0.05, 0) is 42.7 Å². The molecule has 4 rings (SSSR count). The third-order valence-corrected chi connectivity index (χ3v) is 6.98. The molecule has 0 bridgehead atoms. The Labute approximate surface area is 171 Å². The van der Waals surface area contributed by atoms with Crippen LogP contribution in [-0.2, 0) is 10.0 Å². The number of sulfonamides is 1. The number of pyridine rings is 2. The van der Waals surface area contributed by atoms with E-state index >= 15 is 0 Å². The molecule has 1 atom stereocenters. The first-order valence-electron chi connectivity index (χ1n) is 9.83. The molecule has 3 heterocycles. The van der Waals surface area contributed by atoms with Crippen molar-refractivity contribution in [2.45, 2.75) is 30.2 Å². The summed E-state index contributed by atoms with van der Waals surface area (Å²) in [5.41, 5.74) is 1.92. The highest BCUT2D eigenvalue weighted by molar-refractivity contribution is 7.89. The van der Waals surface area contributed by atoms with Gasteiger partial charge in [-0.1, -0.05) is 42.8 Å². The van der Waals surface area contributed by atoms with Gasteiger partial charge in [0.2, 0.25) is 10.0 Å². The molecule has 0 aliphatic carbocycles. The minimum Gasteiger partial charge on any atom is -0.358 e. The predicted molar refractivity (Wildman–Crippen MR) is 113 cm³/mol. The van der Waals surface area contributed by atoms with Gasteiger partial charge in [0.25, 0.3) is 0 Å². The van der Waals surface area contributed by atoms with Crippen molar-refractivity contribution in [1.29, 1.82) is 0 Å². The number of piperidine rings is 1. The van der Waals surface area contributed by atoms with Crippen molar-refractivity contribution in [3.63, 3.8) is 0 Å². The molecular weight excluding hydrogens is 384 g/mol. The molecule has 1 aromatic carbocycles. The number of benzene rings is 1. The molecule has 1 aliphatic heterocycles. The molecule has 1 aliphatic rings. The van der Waals surface area contributed by atoms with E-state index in [-0.39, 0.29) is 10.9 Å². The summed E-state index contributed by atoms with van der Waals surface area (Å²) in [6.45, 7) is 1.16. The van der Waals surface area contributed by atoms with Crippen LogP contribution in [0.1, 0.15) is 36.6 Å². The van der Waals surface area contributed by atoms with Crippen LogP contribution >= 0.6 is 0 Å². The van der Waals surface area contributed by atoms with Crippen LogP contribution in [0.4, 0.5) is 5.82 Å². The second-order valence-corrected chi connectivity index (χ2v) is 9.02. The Morgan fingerprint density at radius 3 is 2.28 bits per heavy atom. The topological polar surface area (TPSA) is 75.2 Å². The average molecular weight is 409 g/mol. The van der Waals surface area contributed by atoms with Crippen molar-refractivity contribution in [3.05, 3.63) is 84.3 Å². The summed E-state index contributed by atoms with van der Waals surface area (Å²) >= 11 is 0. The smallest absolute Gasteiger partial charge is 0.244 e. The maximum atomic E-state index is 12.8. The zero-order valence-corrected chi connectivity index (χ0v) is 16.9. The molecule has 2 aromatic heterocycles. The van der Waals surface area contributed by atoms with Crippen molar-refractivity contribution in [1.82, 2.24) is 14.3 Å². The molecule has 1 saturated heterocycles. The number of aromatic nitrogens is 2. The lowest BCUT2D eigenvalue weighted by Gasteiger charge is -2.25. The Kier molecular flexibility index (Phi) is 5.87. The minimum absolute atomic E-state index is 0.186. The zero-order valence-electron chi connectivity index (χ0n) is 16.1. The first kappa shape index (κ1) is 19.5. The van der Waals surface area contributed by atoms with Gasteiger partial charge in [-0.15, -0.1) is 0 Å². The van der Waals surface area contributed by atoms with Crippen LogP contribution in [0, 0.1) is 0 Å². The summed E-state index contributed by atoms with van der Waals surface area (Å²) in [7, 11) is -3.48. The number of hydrogen-bond donors (Lipinski definition) is 1. The Balaban J connectivity index is 1.58. The van der Waals surface area contributed by atoms with Gasteiger partial charge in [0.15, 0.2) is 0 Å². The van der Waals surface area contributed by atoms with E-state index in [1.807, 2.05) is 48.5 Å². The van der Waals surface area contributed by atoms with E-state index in [0.29, 0.717) is 18.9 Å². The van der Waals surface area contributed by atoms with Gasteiger partial charge in [0.05, 0.1) is 11.7 Å². The third-order valence-electron chi connectivity index (χ3n) is 5.10. The number of anilines is 1. The quantitative estimate of drug-likeness (QED) is 0.670. The van der Waals surface area contributed by atoms with Crippen molar-refractivity contribution >= 4 is 15.8 Å². The summed E-state index contributed by atoms with van der Waals surface area (Å²) in [6, 6.07) is 18.9. The summed E-state index contributed by atoms with van der Waals surface area (Å²) in [6.07, 6.45) is 6.10. The summed E-state index contributed by atoms with van der Waals surface area (Å²) in [5, 5.41) is 3.39. The molecule has 0 amide bonds. The fraction of sp³-hybridized carbons (Fsp3) is 0.273. The van der Waals surface area contributed by atoms with E-state index in [1.54, 1.807) is 22.6 Å². The molecule has 0 saturated carbocycles. The molecule has 150 valence electrons. The summed E-state index contributed by atoms with van der Waals surface area (Å²) < 4.78 is 27.2. The standard InChI is InChI=1S/C22H24N4O2S/c27-29(28,26-15-7-2-8-16-26)19-12-13-21(24-17-19)25-22(18-9-3-1-4-10-18)20-11-5-6-14-23-20/h1,3-6,9-14,17,22H,2,7-8,15-16H2,(H,24,25). The highest BCUT2D eigenvalue weighted by Crippen LogP contribution is 2.26. The summed E-state index contributed by atoms with van der Waals surface area (Å²) in [4.78, 5) is 9.10. The molecule has 7 heteroatoms. The van der Waals surface area contributed by atoms with E-state index in [9.17, 15) is 8.42 Å². The van der Waals surface area contributed by atoms with E-state index in [0.717, 1.165) is 30.5 Å². The minimum atomic E-state index is -3.48. The fourth-order valence-corrected chi connectivity index (χ4v) is 5.00. The van der Waals surface area contributed by atoms with Crippen LogP contribution < -0.4 is 5.32 Å². The van der Waals surface area contributed by atoms with Gasteiger partial charge < -0.3 is 5.32 Å². The molecule has 1 fully saturated rings. The molecular formula is C22H24N4O2S. The highest BCUT2D eigenvalue weighted by Gasteiger charge is 2.26. The van der Waals surface area contributed by atoms with Crippen LogP contribution in [0.15, 0.2) is 78.0 Å². The van der Waals surface area contributed by atoms with E-state index in [1.165, 1.54) is 6.20 Å². The normalized spacial score (nSPS) is 16.3. The van der Waals surface area contributed by atoms with Gasteiger partial charge in [-0.2, -0.15) is 4.31 Å². The molecule has 1 N–H and O–H groups in total. The van der Waals surface area contributed by atoms with Gasteiger partial charge in [-0.3, -0.25) is 4.98 Å². The van der Waals surface area contributed by atoms with Crippen LogP contribution in [-0.4, -0.2) is 35.8 Å². The third kappa shape index (κ3) is 4.46. The Morgan fingerprint density at radius 2 is 1.62 bits per heavy atom. The van der Waals surface area contributed by atoms with Crippen LogP contribution in [0.3, 0.4) is 0 Å². The largest absolute Gasteiger partial charge is 0.358 e. The van der Waals surface area contributed by atoms with Crippen LogP contribution in [0.2, 0.25) is 0 Å². The molecule has 0 radical (unpaired) electrons. The predicted octanol–water partition coefficient (Wildman–Crippen LogP) is 3.85. The maximum Gasteiger partial charge on any atom is 0.244 e. The lowest BCUT2D eigenvalue weighted by molar-refractivity contribution is 0.346. The zero-order chi connectivity index (χ0) is 20.1. The van der Waals surface area contributed by atoms with Gasteiger partial charge in [0, 0.05) is 25.5 Å². The number of hydrogen-bond acceptors (Lipinski definition) is 5. The van der Waals surface area contributed by atoms with Gasteiger partial charge in [-0.25, -0.2) is 13.4 Å². The lowest BCUT2D eigenvalue weighted by atomic mass is 10.0. The number of nitrogens with one attached hydrogen (secondary N) is 1. The Hall–Kier alpha value is -2.77. The first-order chi connectivity index (χ1) is 14.1. The van der Waals surface area contributed by atoms with Crippen molar-refractivity contribution in [2.75, 3.05) is 18.4 Å². The second kappa shape index (κ2) is 8.71. The van der Waals surface area contributed by atoms with Crippen molar-refractivity contribution < 1.29 is 8.42 Å². The number of rotatable bonds is 6. The van der Waals surface area contributed by atoms with Gasteiger partial charge >= 0.3 is 0 Å². The van der Waals surface area contributed by atoms with E-state index < -0.39 is 10.0 Å². The molecule has 0 spiro atoms. The monoisotopic (exact) mass is 408 g/mol.